The van der Waals surface area contributed by atoms with Gasteiger partial charge in [0.25, 0.3) is 11.8 Å². The number of rotatable bonds is 4. The number of nitrogens with one attached hydrogen (secondary N) is 2. The molecule has 4 nitrogen and oxygen atoms in total. The van der Waals surface area contributed by atoms with Crippen LogP contribution >= 0.6 is 23.2 Å². The average molecular weight is 399 g/mol. The van der Waals surface area contributed by atoms with Crippen LogP contribution in [0.1, 0.15) is 26.3 Å². The summed E-state index contributed by atoms with van der Waals surface area (Å²) in [6.07, 6.45) is 0. The van der Waals surface area contributed by atoms with E-state index >= 15 is 0 Å². The van der Waals surface area contributed by atoms with E-state index in [1.54, 1.807) is 30.3 Å². The van der Waals surface area contributed by atoms with Gasteiger partial charge in [-0.2, -0.15) is 0 Å². The van der Waals surface area contributed by atoms with E-state index in [9.17, 15) is 9.59 Å². The predicted molar refractivity (Wildman–Crippen MR) is 110 cm³/mol. The lowest BCUT2D eigenvalue weighted by molar-refractivity contribution is 0.102. The predicted octanol–water partition coefficient (Wildman–Crippen LogP) is 5.81. The summed E-state index contributed by atoms with van der Waals surface area (Å²) in [6, 6.07) is 18.8. The molecule has 3 aromatic rings. The third-order valence-electron chi connectivity index (χ3n) is 3.92. The standard InChI is InChI=1S/C21H16Cl2N2O2/c1-13-4-2-3-5-19(13)25-20(26)14-6-8-18(9-7-14)24-21(27)15-10-16(22)12-17(23)11-15/h2-12H,1H3,(H,24,27)(H,25,26). The lowest BCUT2D eigenvalue weighted by atomic mass is 10.1. The molecule has 0 heterocycles. The fraction of sp³-hybridized carbons (Fsp3) is 0.0476. The third-order valence-corrected chi connectivity index (χ3v) is 4.36. The number of carbonyl (C=O) groups is 2. The molecular formula is C21H16Cl2N2O2. The van der Waals surface area contributed by atoms with Gasteiger partial charge in [-0.05, 0) is 61.0 Å². The maximum atomic E-state index is 12.4. The number of hydrogen-bond acceptors (Lipinski definition) is 2. The number of halogens is 2. The van der Waals surface area contributed by atoms with E-state index < -0.39 is 0 Å². The molecule has 0 unspecified atom stereocenters. The van der Waals surface area contributed by atoms with Gasteiger partial charge in [0, 0.05) is 32.5 Å². The van der Waals surface area contributed by atoms with Crippen LogP contribution in [0.3, 0.4) is 0 Å². The molecule has 3 rings (SSSR count). The van der Waals surface area contributed by atoms with Crippen LogP contribution in [0.5, 0.6) is 0 Å². The van der Waals surface area contributed by atoms with Crippen LogP contribution in [0.2, 0.25) is 10.0 Å². The summed E-state index contributed by atoms with van der Waals surface area (Å²) in [6.45, 7) is 1.93. The molecule has 2 amide bonds. The highest BCUT2D eigenvalue weighted by atomic mass is 35.5. The average Bonchev–Trinajstić information content (AvgIpc) is 2.63. The van der Waals surface area contributed by atoms with E-state index in [0.29, 0.717) is 26.9 Å². The van der Waals surface area contributed by atoms with Crippen molar-refractivity contribution in [3.8, 4) is 0 Å². The number of carbonyl (C=O) groups excluding carboxylic acids is 2. The highest BCUT2D eigenvalue weighted by Crippen LogP contribution is 2.21. The van der Waals surface area contributed by atoms with Crippen LogP contribution in [0.4, 0.5) is 11.4 Å². The summed E-state index contributed by atoms with van der Waals surface area (Å²) >= 11 is 11.8. The Bertz CT molecular complexity index is 981. The second-order valence-electron chi connectivity index (χ2n) is 5.96. The van der Waals surface area contributed by atoms with E-state index in [0.717, 1.165) is 11.3 Å². The van der Waals surface area contributed by atoms with Crippen LogP contribution < -0.4 is 10.6 Å². The van der Waals surface area contributed by atoms with Crippen molar-refractivity contribution in [2.75, 3.05) is 10.6 Å². The van der Waals surface area contributed by atoms with E-state index in [2.05, 4.69) is 10.6 Å². The molecule has 0 bridgehead atoms. The van der Waals surface area contributed by atoms with Crippen molar-refractivity contribution >= 4 is 46.4 Å². The smallest absolute Gasteiger partial charge is 0.255 e. The van der Waals surface area contributed by atoms with Crippen molar-refractivity contribution in [3.05, 3.63) is 93.5 Å². The molecule has 0 spiro atoms. The Balaban J connectivity index is 1.69. The zero-order valence-corrected chi connectivity index (χ0v) is 15.9. The van der Waals surface area contributed by atoms with E-state index in [1.165, 1.54) is 12.1 Å². The van der Waals surface area contributed by atoms with Crippen molar-refractivity contribution in [2.24, 2.45) is 0 Å². The maximum Gasteiger partial charge on any atom is 0.255 e. The van der Waals surface area contributed by atoms with Gasteiger partial charge in [0.1, 0.15) is 0 Å². The van der Waals surface area contributed by atoms with Crippen LogP contribution in [0.15, 0.2) is 66.7 Å². The molecule has 3 aromatic carbocycles. The van der Waals surface area contributed by atoms with E-state index in [4.69, 9.17) is 23.2 Å². The highest BCUT2D eigenvalue weighted by Gasteiger charge is 2.10. The summed E-state index contributed by atoms with van der Waals surface area (Å²) in [7, 11) is 0. The van der Waals surface area contributed by atoms with Crippen molar-refractivity contribution in [2.45, 2.75) is 6.92 Å². The molecule has 6 heteroatoms. The summed E-state index contributed by atoms with van der Waals surface area (Å²) in [5, 5.41) is 6.39. The highest BCUT2D eigenvalue weighted by molar-refractivity contribution is 6.35. The zero-order chi connectivity index (χ0) is 19.4. The van der Waals surface area contributed by atoms with Crippen LogP contribution in [-0.4, -0.2) is 11.8 Å². The maximum absolute atomic E-state index is 12.4. The largest absolute Gasteiger partial charge is 0.322 e. The van der Waals surface area contributed by atoms with Crippen LogP contribution in [0, 0.1) is 6.92 Å². The second-order valence-corrected chi connectivity index (χ2v) is 6.83. The number of benzene rings is 3. The fourth-order valence-corrected chi connectivity index (χ4v) is 3.03. The van der Waals surface area contributed by atoms with Crippen LogP contribution in [0.25, 0.3) is 0 Å². The van der Waals surface area contributed by atoms with Gasteiger partial charge in [-0.25, -0.2) is 0 Å². The number of anilines is 2. The SMILES string of the molecule is Cc1ccccc1NC(=O)c1ccc(NC(=O)c2cc(Cl)cc(Cl)c2)cc1. The molecule has 2 N–H and O–H groups in total. The van der Waals surface area contributed by atoms with Gasteiger partial charge in [-0.3, -0.25) is 9.59 Å². The Morgan fingerprint density at radius 1 is 0.741 bits per heavy atom. The summed E-state index contributed by atoms with van der Waals surface area (Å²) < 4.78 is 0. The quantitative estimate of drug-likeness (QED) is 0.582. The monoisotopic (exact) mass is 398 g/mol. The minimum atomic E-state index is -0.337. The lowest BCUT2D eigenvalue weighted by Crippen LogP contribution is -2.14. The summed E-state index contributed by atoms with van der Waals surface area (Å²) in [5.41, 5.74) is 3.15. The van der Waals surface area contributed by atoms with Crippen molar-refractivity contribution < 1.29 is 9.59 Å². The molecule has 0 aliphatic carbocycles. The number of aryl methyl sites for hydroxylation is 1. The van der Waals surface area contributed by atoms with Gasteiger partial charge < -0.3 is 10.6 Å². The lowest BCUT2D eigenvalue weighted by Gasteiger charge is -2.09. The number of para-hydroxylation sites is 1. The topological polar surface area (TPSA) is 58.2 Å². The van der Waals surface area contributed by atoms with Crippen molar-refractivity contribution in [1.29, 1.82) is 0 Å². The molecule has 136 valence electrons. The van der Waals surface area contributed by atoms with Gasteiger partial charge in [-0.15, -0.1) is 0 Å². The van der Waals surface area contributed by atoms with Crippen molar-refractivity contribution in [1.82, 2.24) is 0 Å². The fourth-order valence-electron chi connectivity index (χ4n) is 2.50. The summed E-state index contributed by atoms with van der Waals surface area (Å²) in [4.78, 5) is 24.7. The molecular weight excluding hydrogens is 383 g/mol. The summed E-state index contributed by atoms with van der Waals surface area (Å²) in [5.74, 6) is -0.555. The Morgan fingerprint density at radius 3 is 1.96 bits per heavy atom. The Morgan fingerprint density at radius 2 is 1.33 bits per heavy atom. The van der Waals surface area contributed by atoms with Gasteiger partial charge >= 0.3 is 0 Å². The van der Waals surface area contributed by atoms with E-state index in [-0.39, 0.29) is 11.8 Å². The van der Waals surface area contributed by atoms with Crippen LogP contribution in [-0.2, 0) is 0 Å². The Hall–Kier alpha value is -2.82. The van der Waals surface area contributed by atoms with Gasteiger partial charge in [-0.1, -0.05) is 41.4 Å². The minimum absolute atomic E-state index is 0.219. The molecule has 0 radical (unpaired) electrons. The number of hydrogen-bond donors (Lipinski definition) is 2. The first-order valence-electron chi connectivity index (χ1n) is 8.17. The molecule has 0 saturated carbocycles. The third kappa shape index (κ3) is 4.88. The van der Waals surface area contributed by atoms with Gasteiger partial charge in [0.2, 0.25) is 0 Å². The number of amides is 2. The van der Waals surface area contributed by atoms with Crippen molar-refractivity contribution in [3.63, 3.8) is 0 Å². The molecule has 0 aliphatic rings. The molecule has 0 fully saturated rings. The van der Waals surface area contributed by atoms with Gasteiger partial charge in [0.05, 0.1) is 0 Å². The van der Waals surface area contributed by atoms with Gasteiger partial charge in [0.15, 0.2) is 0 Å². The first kappa shape index (κ1) is 19.0. The first-order chi connectivity index (χ1) is 12.9. The molecule has 27 heavy (non-hydrogen) atoms. The Kier molecular flexibility index (Phi) is 5.79. The van der Waals surface area contributed by atoms with E-state index in [1.807, 2.05) is 31.2 Å². The Labute approximate surface area is 167 Å². The second kappa shape index (κ2) is 8.25. The normalized spacial score (nSPS) is 10.3. The molecule has 0 saturated heterocycles. The zero-order valence-electron chi connectivity index (χ0n) is 14.4. The minimum Gasteiger partial charge on any atom is -0.322 e. The molecule has 0 aromatic heterocycles. The first-order valence-corrected chi connectivity index (χ1v) is 8.92. The molecule has 0 aliphatic heterocycles. The molecule has 0 atom stereocenters.